The van der Waals surface area contributed by atoms with Crippen molar-refractivity contribution in [2.24, 2.45) is 5.11 Å². The third-order valence-corrected chi connectivity index (χ3v) is 2.71. The maximum Gasteiger partial charge on any atom is 0.251 e. The molecule has 0 radical (unpaired) electrons. The number of carbonyl (C=O) groups excluding carboxylic acids is 1. The lowest BCUT2D eigenvalue weighted by Crippen LogP contribution is -2.28. The van der Waals surface area contributed by atoms with Gasteiger partial charge in [0.25, 0.3) is 5.91 Å². The van der Waals surface area contributed by atoms with E-state index in [2.05, 4.69) is 20.3 Å². The fourth-order valence-corrected chi connectivity index (χ4v) is 1.72. The normalized spacial score (nSPS) is 11.2. The number of azide groups is 1. The van der Waals surface area contributed by atoms with Crippen molar-refractivity contribution >= 4 is 5.91 Å². The summed E-state index contributed by atoms with van der Waals surface area (Å²) in [5, 5.41) is 6.40. The summed E-state index contributed by atoms with van der Waals surface area (Å²) < 4.78 is 0. The minimum Gasteiger partial charge on any atom is -0.351 e. The highest BCUT2D eigenvalue weighted by Crippen LogP contribution is 2.13. The molecule has 2 aromatic rings. The Morgan fingerprint density at radius 2 is 2.00 bits per heavy atom. The quantitative estimate of drug-likeness (QED) is 0.512. The van der Waals surface area contributed by atoms with E-state index in [0.717, 1.165) is 0 Å². The molecule has 1 aromatic heterocycles. The minimum atomic E-state index is -0.520. The van der Waals surface area contributed by atoms with Crippen molar-refractivity contribution in [3.63, 3.8) is 0 Å². The molecule has 0 saturated heterocycles. The first kappa shape index (κ1) is 13.6. The Balaban J connectivity index is 2.03. The second-order valence-corrected chi connectivity index (χ2v) is 4.05. The Hall–Kier alpha value is -2.85. The van der Waals surface area contributed by atoms with E-state index in [1.165, 1.54) is 0 Å². The number of rotatable bonds is 5. The Morgan fingerprint density at radius 3 is 2.65 bits per heavy atom. The Kier molecular flexibility index (Phi) is 4.70. The van der Waals surface area contributed by atoms with Crippen LogP contribution in [0.4, 0.5) is 0 Å². The molecule has 6 heteroatoms. The highest BCUT2D eigenvalue weighted by molar-refractivity contribution is 5.94. The molecular weight excluding hydrogens is 254 g/mol. The Labute approximate surface area is 116 Å². The van der Waals surface area contributed by atoms with E-state index in [0.29, 0.717) is 11.3 Å². The van der Waals surface area contributed by atoms with E-state index < -0.39 is 6.04 Å². The lowest BCUT2D eigenvalue weighted by atomic mass is 10.2. The van der Waals surface area contributed by atoms with E-state index in [9.17, 15) is 4.79 Å². The van der Waals surface area contributed by atoms with Crippen LogP contribution in [0.5, 0.6) is 0 Å². The average molecular weight is 267 g/mol. The standard InChI is InChI=1S/C14H13N5O/c15-19-18-13(12-8-4-5-9-16-12)10-17-14(20)11-6-2-1-3-7-11/h1-9,13H,10H2,(H,17,20)/t13-/m1/s1. The fourth-order valence-electron chi connectivity index (χ4n) is 1.72. The summed E-state index contributed by atoms with van der Waals surface area (Å²) in [5.74, 6) is -0.209. The van der Waals surface area contributed by atoms with Gasteiger partial charge in [-0.15, -0.1) is 0 Å². The molecule has 0 aliphatic heterocycles. The Morgan fingerprint density at radius 1 is 1.25 bits per heavy atom. The molecule has 0 saturated carbocycles. The number of aromatic nitrogens is 1. The van der Waals surface area contributed by atoms with Crippen LogP contribution in [0, 0.1) is 0 Å². The first-order valence-corrected chi connectivity index (χ1v) is 6.09. The molecule has 1 atom stereocenters. The largest absolute Gasteiger partial charge is 0.351 e. The maximum absolute atomic E-state index is 11.9. The minimum absolute atomic E-state index is 0.203. The molecule has 0 fully saturated rings. The lowest BCUT2D eigenvalue weighted by molar-refractivity contribution is 0.0951. The van der Waals surface area contributed by atoms with Crippen molar-refractivity contribution in [1.82, 2.24) is 10.3 Å². The predicted molar refractivity (Wildman–Crippen MR) is 74.9 cm³/mol. The van der Waals surface area contributed by atoms with Gasteiger partial charge in [0.05, 0.1) is 11.7 Å². The highest BCUT2D eigenvalue weighted by atomic mass is 16.1. The van der Waals surface area contributed by atoms with Gasteiger partial charge in [-0.1, -0.05) is 29.4 Å². The van der Waals surface area contributed by atoms with Gasteiger partial charge in [-0.05, 0) is 29.8 Å². The lowest BCUT2D eigenvalue weighted by Gasteiger charge is -2.11. The predicted octanol–water partition coefficient (Wildman–Crippen LogP) is 2.86. The van der Waals surface area contributed by atoms with Crippen LogP contribution in [-0.2, 0) is 0 Å². The summed E-state index contributed by atoms with van der Waals surface area (Å²) in [4.78, 5) is 18.8. The van der Waals surface area contributed by atoms with Crippen molar-refractivity contribution in [2.45, 2.75) is 6.04 Å². The van der Waals surface area contributed by atoms with Gasteiger partial charge in [0, 0.05) is 23.2 Å². The monoisotopic (exact) mass is 267 g/mol. The van der Waals surface area contributed by atoms with Crippen LogP contribution in [0.25, 0.3) is 10.4 Å². The van der Waals surface area contributed by atoms with E-state index >= 15 is 0 Å². The average Bonchev–Trinajstić information content (AvgIpc) is 2.53. The fraction of sp³-hybridized carbons (Fsp3) is 0.143. The van der Waals surface area contributed by atoms with Crippen LogP contribution in [-0.4, -0.2) is 17.4 Å². The summed E-state index contributed by atoms with van der Waals surface area (Å²) in [7, 11) is 0. The van der Waals surface area contributed by atoms with E-state index in [-0.39, 0.29) is 12.5 Å². The number of nitrogens with zero attached hydrogens (tertiary/aromatic N) is 4. The van der Waals surface area contributed by atoms with E-state index in [1.54, 1.807) is 48.7 Å². The summed E-state index contributed by atoms with van der Waals surface area (Å²) in [5.41, 5.74) is 9.79. The number of hydrogen-bond donors (Lipinski definition) is 1. The molecule has 6 nitrogen and oxygen atoms in total. The molecule has 1 aromatic carbocycles. The van der Waals surface area contributed by atoms with Crippen LogP contribution < -0.4 is 5.32 Å². The number of nitrogens with one attached hydrogen (secondary N) is 1. The number of carbonyl (C=O) groups is 1. The molecule has 0 bridgehead atoms. The van der Waals surface area contributed by atoms with E-state index in [4.69, 9.17) is 5.53 Å². The molecule has 20 heavy (non-hydrogen) atoms. The zero-order chi connectivity index (χ0) is 14.2. The van der Waals surface area contributed by atoms with Gasteiger partial charge >= 0.3 is 0 Å². The second-order valence-electron chi connectivity index (χ2n) is 4.05. The molecule has 0 unspecified atom stereocenters. The molecule has 1 N–H and O–H groups in total. The van der Waals surface area contributed by atoms with Gasteiger partial charge in [0.1, 0.15) is 0 Å². The van der Waals surface area contributed by atoms with E-state index in [1.807, 2.05) is 6.07 Å². The smallest absolute Gasteiger partial charge is 0.251 e. The SMILES string of the molecule is [N-]=[N+]=N[C@H](CNC(=O)c1ccccc1)c1ccccn1. The summed E-state index contributed by atoms with van der Waals surface area (Å²) in [6.45, 7) is 0.203. The molecular formula is C14H13N5O. The summed E-state index contributed by atoms with van der Waals surface area (Å²) in [6, 6.07) is 13.7. The number of pyridine rings is 1. The van der Waals surface area contributed by atoms with Gasteiger partial charge in [-0.3, -0.25) is 9.78 Å². The summed E-state index contributed by atoms with van der Waals surface area (Å²) in [6.07, 6.45) is 1.62. The topological polar surface area (TPSA) is 90.8 Å². The molecule has 100 valence electrons. The number of amides is 1. The van der Waals surface area contributed by atoms with Gasteiger partial charge < -0.3 is 5.32 Å². The van der Waals surface area contributed by atoms with Gasteiger partial charge in [0.15, 0.2) is 0 Å². The van der Waals surface area contributed by atoms with Crippen LogP contribution in [0.1, 0.15) is 22.1 Å². The van der Waals surface area contributed by atoms with Crippen molar-refractivity contribution in [1.29, 1.82) is 0 Å². The van der Waals surface area contributed by atoms with Crippen LogP contribution >= 0.6 is 0 Å². The molecule has 1 amide bonds. The van der Waals surface area contributed by atoms with Crippen LogP contribution in [0.15, 0.2) is 59.8 Å². The van der Waals surface area contributed by atoms with Crippen molar-refractivity contribution in [2.75, 3.05) is 6.54 Å². The van der Waals surface area contributed by atoms with Crippen molar-refractivity contribution in [3.05, 3.63) is 76.4 Å². The third-order valence-electron chi connectivity index (χ3n) is 2.71. The maximum atomic E-state index is 11.9. The molecule has 0 spiro atoms. The van der Waals surface area contributed by atoms with Gasteiger partial charge in [-0.25, -0.2) is 0 Å². The highest BCUT2D eigenvalue weighted by Gasteiger charge is 2.12. The first-order valence-electron chi connectivity index (χ1n) is 6.09. The summed E-state index contributed by atoms with van der Waals surface area (Å²) >= 11 is 0. The number of benzene rings is 1. The zero-order valence-corrected chi connectivity index (χ0v) is 10.7. The molecule has 1 heterocycles. The zero-order valence-electron chi connectivity index (χ0n) is 10.7. The van der Waals surface area contributed by atoms with Gasteiger partial charge in [-0.2, -0.15) is 0 Å². The third kappa shape index (κ3) is 3.57. The van der Waals surface area contributed by atoms with Crippen LogP contribution in [0.2, 0.25) is 0 Å². The van der Waals surface area contributed by atoms with Crippen LogP contribution in [0.3, 0.4) is 0 Å². The second kappa shape index (κ2) is 6.92. The molecule has 0 aliphatic rings. The number of hydrogen-bond acceptors (Lipinski definition) is 3. The molecule has 2 rings (SSSR count). The Bertz CT molecular complexity index is 608. The van der Waals surface area contributed by atoms with Crippen molar-refractivity contribution < 1.29 is 4.79 Å². The van der Waals surface area contributed by atoms with Crippen molar-refractivity contribution in [3.8, 4) is 0 Å². The van der Waals surface area contributed by atoms with Gasteiger partial charge in [0.2, 0.25) is 0 Å². The first-order chi connectivity index (χ1) is 9.81. The molecule has 0 aliphatic carbocycles.